The van der Waals surface area contributed by atoms with Crippen LogP contribution in [0.25, 0.3) is 0 Å². The van der Waals surface area contributed by atoms with Gasteiger partial charge in [0.15, 0.2) is 0 Å². The molecule has 4 nitrogen and oxygen atoms in total. The van der Waals surface area contributed by atoms with Crippen LogP contribution in [0.15, 0.2) is 60.7 Å². The van der Waals surface area contributed by atoms with Crippen LogP contribution in [0.3, 0.4) is 0 Å². The molecule has 0 atom stereocenters. The Morgan fingerprint density at radius 1 is 0.909 bits per heavy atom. The molecule has 114 valence electrons. The van der Waals surface area contributed by atoms with Gasteiger partial charge in [0.05, 0.1) is 13.1 Å². The molecule has 1 saturated heterocycles. The Morgan fingerprint density at radius 2 is 1.32 bits per heavy atom. The number of carbonyl (C=O) groups excluding carboxylic acids is 1. The van der Waals surface area contributed by atoms with E-state index in [0.717, 1.165) is 11.4 Å². The summed E-state index contributed by atoms with van der Waals surface area (Å²) < 4.78 is 0. The zero-order chi connectivity index (χ0) is 15.6. The fourth-order valence-corrected chi connectivity index (χ4v) is 2.76. The topological polar surface area (TPSA) is 43.8 Å². The maximum Gasteiger partial charge on any atom is 0.329 e. The molecule has 2 amide bonds. The second-order valence-electron chi connectivity index (χ2n) is 5.70. The summed E-state index contributed by atoms with van der Waals surface area (Å²) in [4.78, 5) is 16.2. The minimum Gasteiger partial charge on any atom is -0.386 e. The van der Waals surface area contributed by atoms with Crippen molar-refractivity contribution in [1.29, 1.82) is 0 Å². The van der Waals surface area contributed by atoms with Gasteiger partial charge in [-0.05, 0) is 30.7 Å². The second kappa shape index (κ2) is 5.81. The van der Waals surface area contributed by atoms with E-state index in [1.807, 2.05) is 67.6 Å². The summed E-state index contributed by atoms with van der Waals surface area (Å²) in [5.74, 6) is 0. The van der Waals surface area contributed by atoms with Crippen LogP contribution in [0, 0.1) is 0 Å². The molecular weight excluding hydrogens is 276 g/mol. The lowest BCUT2D eigenvalue weighted by Crippen LogP contribution is -2.62. The number of carbonyl (C=O) groups is 1. The molecular formula is C18H20N2O2. The number of nitrogens with zero attached hydrogens (tertiary/aromatic N) is 2. The Hall–Kier alpha value is -2.33. The second-order valence-corrected chi connectivity index (χ2v) is 5.70. The van der Waals surface area contributed by atoms with Gasteiger partial charge >= 0.3 is 6.03 Å². The van der Waals surface area contributed by atoms with Gasteiger partial charge < -0.3 is 5.11 Å². The highest BCUT2D eigenvalue weighted by atomic mass is 16.3. The Balaban J connectivity index is 1.99. The van der Waals surface area contributed by atoms with Gasteiger partial charge in [-0.1, -0.05) is 43.3 Å². The van der Waals surface area contributed by atoms with E-state index in [1.54, 1.807) is 9.80 Å². The molecule has 0 aromatic heterocycles. The SMILES string of the molecule is CCC1(O)CN(c2ccccc2)C(=O)N(c2ccccc2)C1. The maximum absolute atomic E-state index is 12.9. The van der Waals surface area contributed by atoms with E-state index in [0.29, 0.717) is 19.5 Å². The van der Waals surface area contributed by atoms with Gasteiger partial charge in [-0.2, -0.15) is 0 Å². The van der Waals surface area contributed by atoms with Gasteiger partial charge in [0.1, 0.15) is 5.60 Å². The molecule has 1 aliphatic rings. The van der Waals surface area contributed by atoms with E-state index in [2.05, 4.69) is 0 Å². The molecule has 2 aromatic rings. The fourth-order valence-electron chi connectivity index (χ4n) is 2.76. The van der Waals surface area contributed by atoms with E-state index in [-0.39, 0.29) is 6.03 Å². The first kappa shape index (κ1) is 14.6. The molecule has 2 aromatic carbocycles. The van der Waals surface area contributed by atoms with E-state index in [9.17, 15) is 9.90 Å². The number of hydrogen-bond donors (Lipinski definition) is 1. The summed E-state index contributed by atoms with van der Waals surface area (Å²) in [5, 5.41) is 10.8. The lowest BCUT2D eigenvalue weighted by Gasteiger charge is -2.44. The van der Waals surface area contributed by atoms with Crippen molar-refractivity contribution in [2.24, 2.45) is 0 Å². The molecule has 4 heteroatoms. The number of urea groups is 1. The van der Waals surface area contributed by atoms with Gasteiger partial charge in [-0.3, -0.25) is 9.80 Å². The van der Waals surface area contributed by atoms with Crippen LogP contribution < -0.4 is 9.80 Å². The number of para-hydroxylation sites is 2. The molecule has 0 unspecified atom stereocenters. The highest BCUT2D eigenvalue weighted by molar-refractivity contribution is 6.04. The number of aliphatic hydroxyl groups is 1. The fraction of sp³-hybridized carbons (Fsp3) is 0.278. The van der Waals surface area contributed by atoms with Crippen LogP contribution >= 0.6 is 0 Å². The van der Waals surface area contributed by atoms with E-state index >= 15 is 0 Å². The molecule has 0 aliphatic carbocycles. The average molecular weight is 296 g/mol. The van der Waals surface area contributed by atoms with E-state index in [4.69, 9.17) is 0 Å². The summed E-state index contributed by atoms with van der Waals surface area (Å²) in [6.07, 6.45) is 0.590. The number of amides is 2. The standard InChI is InChI=1S/C18H20N2O2/c1-2-18(22)13-19(15-9-5-3-6-10-15)17(21)20(14-18)16-11-7-4-8-12-16/h3-12,22H,2,13-14H2,1H3. The molecule has 22 heavy (non-hydrogen) atoms. The minimum absolute atomic E-state index is 0.101. The maximum atomic E-state index is 12.9. The molecule has 1 heterocycles. The van der Waals surface area contributed by atoms with Crippen LogP contribution in [-0.4, -0.2) is 29.8 Å². The lowest BCUT2D eigenvalue weighted by molar-refractivity contribution is 0.0462. The first-order valence-corrected chi connectivity index (χ1v) is 7.54. The first-order valence-electron chi connectivity index (χ1n) is 7.54. The van der Waals surface area contributed by atoms with Crippen molar-refractivity contribution in [1.82, 2.24) is 0 Å². The zero-order valence-corrected chi connectivity index (χ0v) is 12.6. The van der Waals surface area contributed by atoms with E-state index < -0.39 is 5.60 Å². The van der Waals surface area contributed by atoms with Crippen molar-refractivity contribution < 1.29 is 9.90 Å². The highest BCUT2D eigenvalue weighted by Gasteiger charge is 2.41. The van der Waals surface area contributed by atoms with Gasteiger partial charge in [-0.25, -0.2) is 4.79 Å². The van der Waals surface area contributed by atoms with Crippen molar-refractivity contribution in [2.45, 2.75) is 18.9 Å². The monoisotopic (exact) mass is 296 g/mol. The molecule has 3 rings (SSSR count). The summed E-state index contributed by atoms with van der Waals surface area (Å²) >= 11 is 0. The van der Waals surface area contributed by atoms with Crippen molar-refractivity contribution in [3.8, 4) is 0 Å². The smallest absolute Gasteiger partial charge is 0.329 e. The summed E-state index contributed by atoms with van der Waals surface area (Å²) in [5.41, 5.74) is 0.694. The number of β-amino-alcohol motifs (C(OH)–C–C–N with tert-alkyl or cyclic N) is 1. The van der Waals surface area contributed by atoms with Crippen LogP contribution in [0.4, 0.5) is 16.2 Å². The molecule has 0 bridgehead atoms. The summed E-state index contributed by atoms with van der Waals surface area (Å²) in [6.45, 7) is 2.58. The molecule has 1 N–H and O–H groups in total. The molecule has 1 aliphatic heterocycles. The number of benzene rings is 2. The first-order chi connectivity index (χ1) is 10.6. The lowest BCUT2D eigenvalue weighted by atomic mass is 9.96. The van der Waals surface area contributed by atoms with Crippen LogP contribution in [0.2, 0.25) is 0 Å². The minimum atomic E-state index is -0.917. The van der Waals surface area contributed by atoms with Crippen molar-refractivity contribution in [2.75, 3.05) is 22.9 Å². The third-order valence-corrected chi connectivity index (χ3v) is 4.16. The van der Waals surface area contributed by atoms with Crippen molar-refractivity contribution in [3.05, 3.63) is 60.7 Å². The number of hydrogen-bond acceptors (Lipinski definition) is 2. The van der Waals surface area contributed by atoms with Gasteiger partial charge in [0.2, 0.25) is 0 Å². The predicted octanol–water partition coefficient (Wildman–Crippen LogP) is 3.27. The Labute approximate surface area is 130 Å². The zero-order valence-electron chi connectivity index (χ0n) is 12.6. The van der Waals surface area contributed by atoms with Crippen molar-refractivity contribution in [3.63, 3.8) is 0 Å². The molecule has 0 spiro atoms. The molecule has 0 saturated carbocycles. The van der Waals surface area contributed by atoms with Crippen LogP contribution in [-0.2, 0) is 0 Å². The molecule has 1 fully saturated rings. The number of rotatable bonds is 3. The molecule has 0 radical (unpaired) electrons. The average Bonchev–Trinajstić information content (AvgIpc) is 2.58. The normalized spacial score (nSPS) is 17.6. The van der Waals surface area contributed by atoms with Crippen LogP contribution in [0.5, 0.6) is 0 Å². The summed E-state index contributed by atoms with van der Waals surface area (Å²) in [7, 11) is 0. The van der Waals surface area contributed by atoms with Crippen molar-refractivity contribution >= 4 is 17.4 Å². The number of anilines is 2. The Morgan fingerprint density at radius 3 is 1.68 bits per heavy atom. The van der Waals surface area contributed by atoms with Gasteiger partial charge in [-0.15, -0.1) is 0 Å². The largest absolute Gasteiger partial charge is 0.386 e. The van der Waals surface area contributed by atoms with Gasteiger partial charge in [0.25, 0.3) is 0 Å². The Kier molecular flexibility index (Phi) is 3.86. The Bertz CT molecular complexity index is 591. The highest BCUT2D eigenvalue weighted by Crippen LogP contribution is 2.29. The van der Waals surface area contributed by atoms with E-state index in [1.165, 1.54) is 0 Å². The third kappa shape index (κ3) is 2.70. The predicted molar refractivity (Wildman–Crippen MR) is 88.2 cm³/mol. The quantitative estimate of drug-likeness (QED) is 0.944. The van der Waals surface area contributed by atoms with Crippen LogP contribution in [0.1, 0.15) is 13.3 Å². The summed E-state index contributed by atoms with van der Waals surface area (Å²) in [6, 6.07) is 18.9. The van der Waals surface area contributed by atoms with Gasteiger partial charge in [0, 0.05) is 11.4 Å². The third-order valence-electron chi connectivity index (χ3n) is 4.16.